The maximum absolute atomic E-state index is 7.42. The molecule has 2 rings (SSSR count). The molecule has 21 heavy (non-hydrogen) atoms. The molecule has 0 saturated heterocycles. The van der Waals surface area contributed by atoms with E-state index in [0.717, 1.165) is 5.56 Å². The predicted octanol–water partition coefficient (Wildman–Crippen LogP) is 2.57. The molecule has 3 N–H and O–H groups in total. The average Bonchev–Trinajstić information content (AvgIpc) is 2.52. The Kier molecular flexibility index (Phi) is 4.66. The van der Waals surface area contributed by atoms with Crippen LogP contribution in [0.15, 0.2) is 42.5 Å². The number of nitrogens with one attached hydrogen (secondary N) is 1. The molecule has 0 aliphatic carbocycles. The molecule has 0 saturated carbocycles. The number of amidine groups is 1. The van der Waals surface area contributed by atoms with Gasteiger partial charge in [-0.05, 0) is 29.8 Å². The van der Waals surface area contributed by atoms with Crippen LogP contribution in [0.1, 0.15) is 11.1 Å². The lowest BCUT2D eigenvalue weighted by Crippen LogP contribution is -2.10. The molecule has 0 heterocycles. The van der Waals surface area contributed by atoms with Gasteiger partial charge < -0.3 is 19.9 Å². The largest absolute Gasteiger partial charge is 0.493 e. The molecule has 0 aromatic heterocycles. The molecule has 0 radical (unpaired) electrons. The smallest absolute Gasteiger partial charge is 0.161 e. The molecule has 0 atom stereocenters. The van der Waals surface area contributed by atoms with Gasteiger partial charge in [-0.2, -0.15) is 0 Å². The molecule has 5 heteroatoms. The monoisotopic (exact) mass is 286 g/mol. The Morgan fingerprint density at radius 3 is 2.48 bits per heavy atom. The van der Waals surface area contributed by atoms with Gasteiger partial charge in [0.1, 0.15) is 18.2 Å². The van der Waals surface area contributed by atoms with E-state index >= 15 is 0 Å². The quantitative estimate of drug-likeness (QED) is 0.632. The Labute approximate surface area is 123 Å². The van der Waals surface area contributed by atoms with E-state index in [4.69, 9.17) is 25.4 Å². The number of benzene rings is 2. The zero-order chi connectivity index (χ0) is 15.2. The van der Waals surface area contributed by atoms with Gasteiger partial charge in [-0.25, -0.2) is 0 Å². The molecule has 0 amide bonds. The van der Waals surface area contributed by atoms with Crippen molar-refractivity contribution < 1.29 is 14.2 Å². The van der Waals surface area contributed by atoms with Crippen LogP contribution in [-0.4, -0.2) is 20.1 Å². The fourth-order valence-electron chi connectivity index (χ4n) is 1.89. The molecule has 0 spiro atoms. The Balaban J connectivity index is 2.09. The molecule has 5 nitrogen and oxygen atoms in total. The minimum absolute atomic E-state index is 0.0200. The van der Waals surface area contributed by atoms with Gasteiger partial charge in [-0.3, -0.25) is 5.41 Å². The van der Waals surface area contributed by atoms with Crippen LogP contribution in [0.4, 0.5) is 0 Å². The lowest BCUT2D eigenvalue weighted by Gasteiger charge is -2.11. The first-order valence-electron chi connectivity index (χ1n) is 6.42. The summed E-state index contributed by atoms with van der Waals surface area (Å²) in [6.07, 6.45) is 0. The van der Waals surface area contributed by atoms with Gasteiger partial charge >= 0.3 is 0 Å². The molecule has 0 bridgehead atoms. The third-order valence-corrected chi connectivity index (χ3v) is 3.00. The maximum Gasteiger partial charge on any atom is 0.161 e. The predicted molar refractivity (Wildman–Crippen MR) is 81.3 cm³/mol. The van der Waals surface area contributed by atoms with E-state index in [-0.39, 0.29) is 5.84 Å². The summed E-state index contributed by atoms with van der Waals surface area (Å²) in [5.41, 5.74) is 7.05. The van der Waals surface area contributed by atoms with Gasteiger partial charge in [-0.1, -0.05) is 18.2 Å². The molecule has 0 aliphatic heterocycles. The van der Waals surface area contributed by atoms with Gasteiger partial charge in [0.2, 0.25) is 0 Å². The van der Waals surface area contributed by atoms with Gasteiger partial charge in [0.05, 0.1) is 14.2 Å². The molecule has 0 unspecified atom stereocenters. The number of nitrogens with two attached hydrogens (primary N) is 1. The number of rotatable bonds is 6. The Morgan fingerprint density at radius 2 is 1.81 bits per heavy atom. The van der Waals surface area contributed by atoms with Crippen molar-refractivity contribution in [2.24, 2.45) is 5.73 Å². The molecule has 2 aromatic carbocycles. The molecular weight excluding hydrogens is 268 g/mol. The first kappa shape index (κ1) is 14.7. The molecular formula is C16H18N2O3. The summed E-state index contributed by atoms with van der Waals surface area (Å²) < 4.78 is 16.2. The van der Waals surface area contributed by atoms with Gasteiger partial charge in [0.15, 0.2) is 11.5 Å². The lowest BCUT2D eigenvalue weighted by molar-refractivity contribution is 0.303. The number of methoxy groups -OCH3 is 2. The summed E-state index contributed by atoms with van der Waals surface area (Å²) in [7, 11) is 3.19. The topological polar surface area (TPSA) is 77.6 Å². The third-order valence-electron chi connectivity index (χ3n) is 3.00. The summed E-state index contributed by atoms with van der Waals surface area (Å²) in [6.45, 7) is 0.391. The van der Waals surface area contributed by atoms with Gasteiger partial charge in [0.25, 0.3) is 0 Å². The first-order chi connectivity index (χ1) is 10.1. The Hall–Kier alpha value is -2.69. The van der Waals surface area contributed by atoms with Crippen molar-refractivity contribution in [1.29, 1.82) is 5.41 Å². The van der Waals surface area contributed by atoms with E-state index in [1.165, 1.54) is 0 Å². The normalized spacial score (nSPS) is 10.0. The van der Waals surface area contributed by atoms with Crippen molar-refractivity contribution in [1.82, 2.24) is 0 Å². The Morgan fingerprint density at radius 1 is 1.05 bits per heavy atom. The average molecular weight is 286 g/mol. The fourth-order valence-corrected chi connectivity index (χ4v) is 1.89. The van der Waals surface area contributed by atoms with Crippen LogP contribution in [0.5, 0.6) is 17.2 Å². The second kappa shape index (κ2) is 6.65. The second-order valence-electron chi connectivity index (χ2n) is 4.42. The van der Waals surface area contributed by atoms with E-state index in [0.29, 0.717) is 29.4 Å². The fraction of sp³-hybridized carbons (Fsp3) is 0.188. The SMILES string of the molecule is COc1ccc(COc2cccc(C(=N)N)c2)cc1OC. The van der Waals surface area contributed by atoms with Crippen molar-refractivity contribution >= 4 is 5.84 Å². The zero-order valence-electron chi connectivity index (χ0n) is 12.1. The van der Waals surface area contributed by atoms with Crippen LogP contribution >= 0.6 is 0 Å². The van der Waals surface area contributed by atoms with Crippen molar-refractivity contribution in [3.05, 3.63) is 53.6 Å². The summed E-state index contributed by atoms with van der Waals surface area (Å²) >= 11 is 0. The van der Waals surface area contributed by atoms with E-state index in [1.807, 2.05) is 24.3 Å². The van der Waals surface area contributed by atoms with Crippen LogP contribution in [0, 0.1) is 5.41 Å². The second-order valence-corrected chi connectivity index (χ2v) is 4.42. The van der Waals surface area contributed by atoms with Crippen molar-refractivity contribution in [3.8, 4) is 17.2 Å². The minimum Gasteiger partial charge on any atom is -0.493 e. The number of nitrogen functional groups attached to an aromatic ring is 1. The van der Waals surface area contributed by atoms with Crippen molar-refractivity contribution in [3.63, 3.8) is 0 Å². The zero-order valence-corrected chi connectivity index (χ0v) is 12.1. The molecule has 2 aromatic rings. The Bertz CT molecular complexity index is 641. The summed E-state index contributed by atoms with van der Waals surface area (Å²) in [6, 6.07) is 12.8. The van der Waals surface area contributed by atoms with Crippen LogP contribution in [0.2, 0.25) is 0 Å². The van der Waals surface area contributed by atoms with E-state index in [9.17, 15) is 0 Å². The maximum atomic E-state index is 7.42. The number of ether oxygens (including phenoxy) is 3. The van der Waals surface area contributed by atoms with Crippen LogP contribution in [-0.2, 0) is 6.61 Å². The summed E-state index contributed by atoms with van der Waals surface area (Å²) in [4.78, 5) is 0. The van der Waals surface area contributed by atoms with Crippen LogP contribution < -0.4 is 19.9 Å². The first-order valence-corrected chi connectivity index (χ1v) is 6.42. The van der Waals surface area contributed by atoms with Crippen LogP contribution in [0.25, 0.3) is 0 Å². The molecule has 0 fully saturated rings. The highest BCUT2D eigenvalue weighted by Gasteiger charge is 2.05. The highest BCUT2D eigenvalue weighted by molar-refractivity contribution is 5.95. The third kappa shape index (κ3) is 3.66. The van der Waals surface area contributed by atoms with Crippen molar-refractivity contribution in [2.75, 3.05) is 14.2 Å². The highest BCUT2D eigenvalue weighted by Crippen LogP contribution is 2.28. The summed E-state index contributed by atoms with van der Waals surface area (Å²) in [5, 5.41) is 7.42. The number of hydrogen-bond donors (Lipinski definition) is 2. The molecule has 110 valence electrons. The van der Waals surface area contributed by atoms with Gasteiger partial charge in [-0.15, -0.1) is 0 Å². The lowest BCUT2D eigenvalue weighted by atomic mass is 10.2. The van der Waals surface area contributed by atoms with E-state index in [1.54, 1.807) is 32.4 Å². The minimum atomic E-state index is 0.0200. The van der Waals surface area contributed by atoms with Gasteiger partial charge in [0, 0.05) is 5.56 Å². The summed E-state index contributed by atoms with van der Waals surface area (Å²) in [5.74, 6) is 2.03. The van der Waals surface area contributed by atoms with E-state index < -0.39 is 0 Å². The van der Waals surface area contributed by atoms with Crippen molar-refractivity contribution in [2.45, 2.75) is 6.61 Å². The van der Waals surface area contributed by atoms with Crippen LogP contribution in [0.3, 0.4) is 0 Å². The van der Waals surface area contributed by atoms with E-state index in [2.05, 4.69) is 0 Å². The molecule has 0 aliphatic rings. The highest BCUT2D eigenvalue weighted by atomic mass is 16.5. The standard InChI is InChI=1S/C16H18N2O3/c1-19-14-7-6-11(8-15(14)20-2)10-21-13-5-3-4-12(9-13)16(17)18/h3-9H,10H2,1-2H3,(H3,17,18). The number of hydrogen-bond acceptors (Lipinski definition) is 4.